The summed E-state index contributed by atoms with van der Waals surface area (Å²) in [6, 6.07) is 7.24. The van der Waals surface area contributed by atoms with Crippen LogP contribution < -0.4 is 10.6 Å². The van der Waals surface area contributed by atoms with E-state index < -0.39 is 0 Å². The highest BCUT2D eigenvalue weighted by Gasteiger charge is 2.20. The molecule has 0 saturated carbocycles. The Bertz CT molecular complexity index is 981. The van der Waals surface area contributed by atoms with E-state index in [1.54, 1.807) is 24.5 Å². The second-order valence-electron chi connectivity index (χ2n) is 7.54. The van der Waals surface area contributed by atoms with Crippen LogP contribution in [-0.4, -0.2) is 37.0 Å². The molecule has 0 spiro atoms. The predicted molar refractivity (Wildman–Crippen MR) is 132 cm³/mol. The summed E-state index contributed by atoms with van der Waals surface area (Å²) in [4.78, 5) is 6.86. The first-order chi connectivity index (χ1) is 14.1. The molecule has 0 atom stereocenters. The van der Waals surface area contributed by atoms with Gasteiger partial charge in [-0.15, -0.1) is 24.0 Å². The number of piperidine rings is 1. The highest BCUT2D eigenvalue weighted by atomic mass is 127. The number of guanidine groups is 1. The Morgan fingerprint density at radius 2 is 2.10 bits per heavy atom. The van der Waals surface area contributed by atoms with E-state index in [1.807, 2.05) is 6.92 Å². The molecule has 0 amide bonds. The monoisotopic (exact) mass is 542 g/mol. The van der Waals surface area contributed by atoms with E-state index in [2.05, 4.69) is 37.4 Å². The Morgan fingerprint density at radius 1 is 1.30 bits per heavy atom. The zero-order valence-electron chi connectivity index (χ0n) is 17.3. The van der Waals surface area contributed by atoms with Gasteiger partial charge < -0.3 is 15.1 Å². The van der Waals surface area contributed by atoms with Gasteiger partial charge >= 0.3 is 0 Å². The number of nitrogens with one attached hydrogen (secondary N) is 2. The second kappa shape index (κ2) is 10.6. The molecular weight excluding hydrogens is 514 g/mol. The van der Waals surface area contributed by atoms with Crippen molar-refractivity contribution in [3.05, 3.63) is 57.7 Å². The lowest BCUT2D eigenvalue weighted by molar-refractivity contribution is 0.198. The number of hydrogen-bond donors (Lipinski definition) is 2. The van der Waals surface area contributed by atoms with Crippen LogP contribution in [0.1, 0.15) is 29.7 Å². The van der Waals surface area contributed by atoms with E-state index in [4.69, 9.17) is 4.42 Å². The Morgan fingerprint density at radius 3 is 2.80 bits per heavy atom. The number of rotatable bonds is 5. The van der Waals surface area contributed by atoms with Crippen LogP contribution in [0.15, 0.2) is 44.4 Å². The molecule has 2 aromatic heterocycles. The summed E-state index contributed by atoms with van der Waals surface area (Å²) in [5, 5.41) is 12.1. The Hall–Kier alpha value is -1.65. The fourth-order valence-corrected chi connectivity index (χ4v) is 4.50. The fraction of sp³-hybridized carbons (Fsp3) is 0.409. The molecule has 162 valence electrons. The van der Waals surface area contributed by atoms with Crippen LogP contribution in [0, 0.1) is 12.7 Å². The first kappa shape index (κ1) is 23.0. The summed E-state index contributed by atoms with van der Waals surface area (Å²) < 4.78 is 19.4. The molecule has 8 heteroatoms. The number of fused-ring (bicyclic) bond motifs is 1. The highest BCUT2D eigenvalue weighted by Crippen LogP contribution is 2.25. The summed E-state index contributed by atoms with van der Waals surface area (Å²) in [7, 11) is 1.78. The van der Waals surface area contributed by atoms with Crippen LogP contribution in [-0.2, 0) is 13.1 Å². The molecule has 1 aliphatic rings. The molecule has 0 radical (unpaired) electrons. The van der Waals surface area contributed by atoms with E-state index in [9.17, 15) is 4.39 Å². The van der Waals surface area contributed by atoms with Gasteiger partial charge in [-0.3, -0.25) is 9.89 Å². The van der Waals surface area contributed by atoms with Crippen molar-refractivity contribution < 1.29 is 8.81 Å². The highest BCUT2D eigenvalue weighted by molar-refractivity contribution is 14.0. The summed E-state index contributed by atoms with van der Waals surface area (Å²) in [6.07, 6.45) is 2.18. The van der Waals surface area contributed by atoms with E-state index >= 15 is 0 Å². The normalized spacial score (nSPS) is 15.9. The summed E-state index contributed by atoms with van der Waals surface area (Å²) >= 11 is 1.76. The zero-order chi connectivity index (χ0) is 20.2. The summed E-state index contributed by atoms with van der Waals surface area (Å²) in [5.41, 5.74) is 3.07. The minimum Gasteiger partial charge on any atom is -0.459 e. The van der Waals surface area contributed by atoms with Crippen molar-refractivity contribution in [2.45, 2.75) is 38.9 Å². The number of aryl methyl sites for hydroxylation is 1. The molecule has 1 saturated heterocycles. The van der Waals surface area contributed by atoms with Crippen molar-refractivity contribution in [2.75, 3.05) is 20.1 Å². The van der Waals surface area contributed by atoms with Crippen molar-refractivity contribution >= 4 is 52.2 Å². The van der Waals surface area contributed by atoms with Crippen molar-refractivity contribution in [2.24, 2.45) is 4.99 Å². The predicted octanol–water partition coefficient (Wildman–Crippen LogP) is 4.89. The third-order valence-corrected chi connectivity index (χ3v) is 6.28. The van der Waals surface area contributed by atoms with Gasteiger partial charge in [0.25, 0.3) is 0 Å². The average Bonchev–Trinajstić information content (AvgIpc) is 3.35. The average molecular weight is 542 g/mol. The minimum atomic E-state index is -0.247. The number of halogens is 2. The molecule has 0 bridgehead atoms. The fourth-order valence-electron chi connectivity index (χ4n) is 3.84. The zero-order valence-corrected chi connectivity index (χ0v) is 20.4. The Labute approximate surface area is 197 Å². The van der Waals surface area contributed by atoms with Crippen LogP contribution in [0.4, 0.5) is 4.39 Å². The Balaban J connectivity index is 0.00000256. The van der Waals surface area contributed by atoms with Crippen LogP contribution in [0.3, 0.4) is 0 Å². The molecule has 30 heavy (non-hydrogen) atoms. The number of benzene rings is 1. The SMILES string of the molecule is CN=C(NCc1oc2ccc(F)cc2c1C)NC1CCN(Cc2ccsc2)CC1.I. The molecule has 3 heterocycles. The molecule has 2 N–H and O–H groups in total. The van der Waals surface area contributed by atoms with E-state index in [0.717, 1.165) is 55.1 Å². The van der Waals surface area contributed by atoms with E-state index in [0.29, 0.717) is 18.2 Å². The molecule has 1 aliphatic heterocycles. The molecular formula is C22H28FIN4OS. The van der Waals surface area contributed by atoms with Crippen molar-refractivity contribution in [1.29, 1.82) is 0 Å². The second-order valence-corrected chi connectivity index (χ2v) is 8.32. The van der Waals surface area contributed by atoms with Crippen LogP contribution in [0.25, 0.3) is 11.0 Å². The summed E-state index contributed by atoms with van der Waals surface area (Å²) in [5.74, 6) is 1.33. The van der Waals surface area contributed by atoms with Gasteiger partial charge in [-0.25, -0.2) is 4.39 Å². The van der Waals surface area contributed by atoms with Gasteiger partial charge in [0.15, 0.2) is 5.96 Å². The topological polar surface area (TPSA) is 52.8 Å². The first-order valence-corrected chi connectivity index (χ1v) is 10.9. The van der Waals surface area contributed by atoms with Crippen molar-refractivity contribution in [3.63, 3.8) is 0 Å². The lowest BCUT2D eigenvalue weighted by atomic mass is 10.0. The molecule has 3 aromatic rings. The van der Waals surface area contributed by atoms with Crippen LogP contribution in [0.5, 0.6) is 0 Å². The number of nitrogens with zero attached hydrogens (tertiary/aromatic N) is 2. The molecule has 1 aromatic carbocycles. The molecule has 1 fully saturated rings. The smallest absolute Gasteiger partial charge is 0.191 e. The van der Waals surface area contributed by atoms with E-state index in [-0.39, 0.29) is 29.8 Å². The number of likely N-dealkylation sites (tertiary alicyclic amines) is 1. The maximum Gasteiger partial charge on any atom is 0.191 e. The number of aliphatic imine (C=N–C) groups is 1. The van der Waals surface area contributed by atoms with Gasteiger partial charge in [0, 0.05) is 43.7 Å². The van der Waals surface area contributed by atoms with Gasteiger partial charge in [-0.05, 0) is 60.4 Å². The summed E-state index contributed by atoms with van der Waals surface area (Å²) in [6.45, 7) is 5.67. The lowest BCUT2D eigenvalue weighted by Gasteiger charge is -2.32. The minimum absolute atomic E-state index is 0. The molecule has 5 nitrogen and oxygen atoms in total. The van der Waals surface area contributed by atoms with Gasteiger partial charge in [0.2, 0.25) is 0 Å². The molecule has 0 unspecified atom stereocenters. The van der Waals surface area contributed by atoms with Crippen molar-refractivity contribution in [1.82, 2.24) is 15.5 Å². The Kier molecular flexibility index (Phi) is 8.13. The van der Waals surface area contributed by atoms with Crippen molar-refractivity contribution in [3.8, 4) is 0 Å². The van der Waals surface area contributed by atoms with Gasteiger partial charge in [-0.2, -0.15) is 11.3 Å². The van der Waals surface area contributed by atoms with Crippen LogP contribution in [0.2, 0.25) is 0 Å². The molecule has 4 rings (SSSR count). The van der Waals surface area contributed by atoms with Gasteiger partial charge in [-0.1, -0.05) is 0 Å². The van der Waals surface area contributed by atoms with Gasteiger partial charge in [0.1, 0.15) is 17.2 Å². The molecule has 0 aliphatic carbocycles. The third-order valence-electron chi connectivity index (χ3n) is 5.55. The quantitative estimate of drug-likeness (QED) is 0.274. The van der Waals surface area contributed by atoms with Crippen LogP contribution >= 0.6 is 35.3 Å². The van der Waals surface area contributed by atoms with E-state index in [1.165, 1.54) is 17.7 Å². The lowest BCUT2D eigenvalue weighted by Crippen LogP contribution is -2.48. The maximum absolute atomic E-state index is 13.5. The first-order valence-electron chi connectivity index (χ1n) is 10.0. The standard InChI is InChI=1S/C22H27FN4OS.HI/c1-15-19-11-17(23)3-4-20(19)28-21(15)12-25-22(24-2)26-18-5-8-27(9-6-18)13-16-7-10-29-14-16;/h3-4,7,10-11,14,18H,5-6,8-9,12-13H2,1-2H3,(H2,24,25,26);1H. The third kappa shape index (κ3) is 5.53. The number of thiophene rings is 1. The number of hydrogen-bond acceptors (Lipinski definition) is 4. The maximum atomic E-state index is 13.5. The largest absolute Gasteiger partial charge is 0.459 e. The number of furan rings is 1. The van der Waals surface area contributed by atoms with Gasteiger partial charge in [0.05, 0.1) is 6.54 Å².